The highest BCUT2D eigenvalue weighted by molar-refractivity contribution is 9.10. The summed E-state index contributed by atoms with van der Waals surface area (Å²) >= 11 is 3.07. The van der Waals surface area contributed by atoms with Crippen molar-refractivity contribution in [3.63, 3.8) is 0 Å². The Hall–Kier alpha value is -1.72. The molecule has 0 rings (SSSR count). The number of carbonyl (C=O) groups excluding carboxylic acids is 4. The van der Waals surface area contributed by atoms with Gasteiger partial charge in [-0.2, -0.15) is 0 Å². The Morgan fingerprint density at radius 1 is 0.897 bits per heavy atom. The van der Waals surface area contributed by atoms with E-state index >= 15 is 0 Å². The molecule has 0 saturated heterocycles. The van der Waals surface area contributed by atoms with Gasteiger partial charge in [0.2, 0.25) is 11.8 Å². The zero-order chi connectivity index (χ0) is 23.2. The van der Waals surface area contributed by atoms with Crippen molar-refractivity contribution in [1.29, 1.82) is 0 Å². The Bertz CT molecular complexity index is 466. The number of methoxy groups -OCH3 is 2. The van der Waals surface area contributed by atoms with E-state index in [2.05, 4.69) is 30.7 Å². The number of hydrogen-bond acceptors (Lipinski definition) is 8. The van der Waals surface area contributed by atoms with E-state index in [0.29, 0.717) is 45.2 Å². The van der Waals surface area contributed by atoms with Gasteiger partial charge in [-0.05, 0) is 38.8 Å². The van der Waals surface area contributed by atoms with Crippen LogP contribution in [0.5, 0.6) is 0 Å². The van der Waals surface area contributed by atoms with Crippen LogP contribution in [0.1, 0.15) is 52.4 Å². The van der Waals surface area contributed by atoms with Crippen LogP contribution in [0, 0.1) is 0 Å². The molecule has 0 aromatic rings. The molecule has 0 aromatic heterocycles. The first kappa shape index (κ1) is 32.0. The zero-order valence-electron chi connectivity index (χ0n) is 17.9. The van der Waals surface area contributed by atoms with E-state index in [9.17, 15) is 19.2 Å². The van der Waals surface area contributed by atoms with Gasteiger partial charge in [0.05, 0.1) is 25.1 Å². The third kappa shape index (κ3) is 24.2. The van der Waals surface area contributed by atoms with Crippen molar-refractivity contribution in [2.24, 2.45) is 17.2 Å². The van der Waals surface area contributed by atoms with Gasteiger partial charge < -0.3 is 32.0 Å². The van der Waals surface area contributed by atoms with Gasteiger partial charge in [0, 0.05) is 12.8 Å². The summed E-state index contributed by atoms with van der Waals surface area (Å²) in [6.45, 7) is 4.92. The maximum absolute atomic E-state index is 10.8. The Labute approximate surface area is 181 Å². The fourth-order valence-corrected chi connectivity index (χ4v) is 1.61. The lowest BCUT2D eigenvalue weighted by atomic mass is 10.2. The van der Waals surface area contributed by atoms with Crippen molar-refractivity contribution in [2.45, 2.75) is 63.2 Å². The fourth-order valence-electron chi connectivity index (χ4n) is 1.61. The lowest BCUT2D eigenvalue weighted by molar-refractivity contribution is -0.141. The van der Waals surface area contributed by atoms with Crippen LogP contribution >= 0.6 is 15.9 Å². The van der Waals surface area contributed by atoms with Crippen molar-refractivity contribution >= 4 is 39.7 Å². The minimum absolute atomic E-state index is 0.146. The normalized spacial score (nSPS) is 11.5. The smallest absolute Gasteiger partial charge is 0.305 e. The molecule has 0 radical (unpaired) electrons. The number of nitrogens with two attached hydrogens (primary N) is 3. The predicted molar refractivity (Wildman–Crippen MR) is 115 cm³/mol. The standard InChI is InChI=1S/C9H18N2O3.C5H11NO2.C4H8BrNO/c1-3-7(9(10)13)11-6-4-5-8(12)14-2;1-8-5(7)3-2-4-6;1-2-3(5)4(6)7/h7,11H,3-6H2,1-2H3,(H2,10,13);2-4,6H2,1H3;3H,2H2,1H3,(H2,6,7)/t7-;;3-/m1.0/s1. The number of nitrogens with one attached hydrogen (secondary N) is 1. The number of alkyl halides is 1. The Balaban J connectivity index is -0.000000383. The molecule has 0 aliphatic rings. The van der Waals surface area contributed by atoms with Gasteiger partial charge in [-0.15, -0.1) is 0 Å². The van der Waals surface area contributed by atoms with E-state index in [1.54, 1.807) is 0 Å². The second-order valence-corrected chi connectivity index (χ2v) is 6.85. The minimum atomic E-state index is -0.356. The van der Waals surface area contributed by atoms with Gasteiger partial charge >= 0.3 is 11.9 Å². The highest BCUT2D eigenvalue weighted by Gasteiger charge is 2.11. The number of primary amides is 2. The monoisotopic (exact) mass is 484 g/mol. The number of carbonyl (C=O) groups is 4. The lowest BCUT2D eigenvalue weighted by Crippen LogP contribution is -2.41. The lowest BCUT2D eigenvalue weighted by Gasteiger charge is -2.12. The molecule has 29 heavy (non-hydrogen) atoms. The van der Waals surface area contributed by atoms with Crippen LogP contribution in [0.2, 0.25) is 0 Å². The van der Waals surface area contributed by atoms with Gasteiger partial charge in [0.15, 0.2) is 0 Å². The molecule has 0 bridgehead atoms. The van der Waals surface area contributed by atoms with E-state index in [1.165, 1.54) is 14.2 Å². The van der Waals surface area contributed by atoms with E-state index in [-0.39, 0.29) is 34.6 Å². The van der Waals surface area contributed by atoms with E-state index in [4.69, 9.17) is 17.2 Å². The third-order valence-electron chi connectivity index (χ3n) is 3.41. The van der Waals surface area contributed by atoms with Crippen molar-refractivity contribution in [1.82, 2.24) is 5.32 Å². The zero-order valence-corrected chi connectivity index (χ0v) is 19.5. The molecule has 0 fully saturated rings. The van der Waals surface area contributed by atoms with E-state index < -0.39 is 0 Å². The molecule has 0 aromatic carbocycles. The summed E-state index contributed by atoms with van der Waals surface area (Å²) in [6.07, 6.45) is 3.58. The van der Waals surface area contributed by atoms with Gasteiger partial charge in [0.1, 0.15) is 0 Å². The van der Waals surface area contributed by atoms with Crippen molar-refractivity contribution in [3.8, 4) is 0 Å². The first-order valence-corrected chi connectivity index (χ1v) is 10.3. The summed E-state index contributed by atoms with van der Waals surface area (Å²) in [4.78, 5) is 41.8. The first-order valence-electron chi connectivity index (χ1n) is 9.40. The summed E-state index contributed by atoms with van der Waals surface area (Å²) in [5.74, 6) is -1.07. The number of halogens is 1. The first-order chi connectivity index (χ1) is 13.6. The molecule has 2 amide bonds. The number of hydrogen-bond donors (Lipinski definition) is 4. The third-order valence-corrected chi connectivity index (χ3v) is 4.51. The van der Waals surface area contributed by atoms with Crippen LogP contribution in [0.25, 0.3) is 0 Å². The summed E-state index contributed by atoms with van der Waals surface area (Å²) in [5.41, 5.74) is 15.1. The van der Waals surface area contributed by atoms with Crippen LogP contribution in [-0.2, 0) is 28.7 Å². The van der Waals surface area contributed by atoms with Gasteiger partial charge in [-0.1, -0.05) is 29.8 Å². The Morgan fingerprint density at radius 2 is 1.38 bits per heavy atom. The summed E-state index contributed by atoms with van der Waals surface area (Å²) in [6, 6.07) is -0.298. The van der Waals surface area contributed by atoms with Gasteiger partial charge in [0.25, 0.3) is 0 Å². The van der Waals surface area contributed by atoms with Gasteiger partial charge in [-0.3, -0.25) is 19.2 Å². The molecule has 0 heterocycles. The number of amides is 2. The van der Waals surface area contributed by atoms with Crippen molar-refractivity contribution < 1.29 is 28.7 Å². The highest BCUT2D eigenvalue weighted by atomic mass is 79.9. The predicted octanol–water partition coefficient (Wildman–Crippen LogP) is 0.337. The second-order valence-electron chi connectivity index (χ2n) is 5.74. The Morgan fingerprint density at radius 3 is 1.66 bits per heavy atom. The summed E-state index contributed by atoms with van der Waals surface area (Å²) < 4.78 is 8.83. The van der Waals surface area contributed by atoms with Gasteiger partial charge in [-0.25, -0.2) is 0 Å². The van der Waals surface area contributed by atoms with E-state index in [1.807, 2.05) is 13.8 Å². The van der Waals surface area contributed by atoms with Crippen LogP contribution in [0.15, 0.2) is 0 Å². The maximum Gasteiger partial charge on any atom is 0.305 e. The van der Waals surface area contributed by atoms with Crippen LogP contribution in [-0.4, -0.2) is 61.9 Å². The Kier molecular flexibility index (Phi) is 24.9. The molecule has 10 nitrogen and oxygen atoms in total. The SMILES string of the molecule is CC[C@@H](NCCCC(=O)OC)C(N)=O.CC[C@H](Br)C(N)=O.COC(=O)CCCN. The average molecular weight is 485 g/mol. The van der Waals surface area contributed by atoms with Crippen molar-refractivity contribution in [2.75, 3.05) is 27.3 Å². The minimum Gasteiger partial charge on any atom is -0.469 e. The quantitative estimate of drug-likeness (QED) is 0.174. The van der Waals surface area contributed by atoms with Crippen LogP contribution in [0.3, 0.4) is 0 Å². The fraction of sp³-hybridized carbons (Fsp3) is 0.778. The van der Waals surface area contributed by atoms with Crippen LogP contribution < -0.4 is 22.5 Å². The molecular formula is C18H37BrN4O6. The number of rotatable bonds is 12. The molecule has 172 valence electrons. The average Bonchev–Trinajstić information content (AvgIpc) is 2.71. The summed E-state index contributed by atoms with van der Waals surface area (Å²) in [5, 5.41) is 2.97. The largest absolute Gasteiger partial charge is 0.469 e. The number of esters is 2. The van der Waals surface area contributed by atoms with Crippen molar-refractivity contribution in [3.05, 3.63) is 0 Å². The molecule has 0 spiro atoms. The molecule has 11 heteroatoms. The maximum atomic E-state index is 10.8. The molecule has 0 unspecified atom stereocenters. The molecule has 7 N–H and O–H groups in total. The topological polar surface area (TPSA) is 177 Å². The molecular weight excluding hydrogens is 448 g/mol. The molecule has 2 atom stereocenters. The summed E-state index contributed by atoms with van der Waals surface area (Å²) in [7, 11) is 2.73. The molecule has 0 saturated carbocycles. The van der Waals surface area contributed by atoms with E-state index in [0.717, 1.165) is 6.42 Å². The molecule has 0 aliphatic carbocycles. The molecule has 0 aliphatic heterocycles. The highest BCUT2D eigenvalue weighted by Crippen LogP contribution is 2.01. The van der Waals surface area contributed by atoms with Crippen LogP contribution in [0.4, 0.5) is 0 Å². The number of ether oxygens (including phenoxy) is 2. The second kappa shape index (κ2) is 22.6.